The molecule has 2 atom stereocenters. The van der Waals surface area contributed by atoms with Crippen molar-refractivity contribution in [3.63, 3.8) is 0 Å². The average molecular weight is 427 g/mol. The monoisotopic (exact) mass is 427 g/mol. The van der Waals surface area contributed by atoms with E-state index in [4.69, 9.17) is 19.3 Å². The van der Waals surface area contributed by atoms with Crippen LogP contribution in [0.1, 0.15) is 48.1 Å². The summed E-state index contributed by atoms with van der Waals surface area (Å²) in [6.45, 7) is 4.17. The third-order valence-corrected chi connectivity index (χ3v) is 5.44. The lowest BCUT2D eigenvalue weighted by molar-refractivity contribution is -0.138. The molecule has 0 amide bonds. The smallest absolute Gasteiger partial charge is 0.317 e. The second-order valence-electron chi connectivity index (χ2n) is 7.77. The number of aromatic hydroxyl groups is 1. The molecule has 0 unspecified atom stereocenters. The van der Waals surface area contributed by atoms with Gasteiger partial charge in [-0.1, -0.05) is 19.1 Å². The van der Waals surface area contributed by atoms with Crippen LogP contribution >= 0.6 is 0 Å². The molecular formula is C24H29NO6. The first-order valence-corrected chi connectivity index (χ1v) is 10.1. The standard InChI is InChI=1S/C24H29NO6/c1-6-7-15-8-18-14(2)23(31-24(18)20(9-15)30-5)16-10-17(12-25(3)13-21(26)27)22(28)19(11-16)29-4/h6-11,14,23,28H,12-13H2,1-5H3,(H,26,27)/b7-6+/t14-,23-/m0/s1. The highest BCUT2D eigenvalue weighted by Crippen LogP contribution is 2.51. The molecule has 0 saturated heterocycles. The SMILES string of the molecule is C/C=C/c1cc(OC)c2c(c1)[C@H](C)[C@@H](c1cc(CN(C)CC(=O)O)c(O)c(OC)c1)O2. The summed E-state index contributed by atoms with van der Waals surface area (Å²) in [5.41, 5.74) is 3.50. The van der Waals surface area contributed by atoms with Crippen molar-refractivity contribution in [2.75, 3.05) is 27.8 Å². The molecule has 0 aromatic heterocycles. The van der Waals surface area contributed by atoms with E-state index in [1.54, 1.807) is 25.1 Å². The second-order valence-corrected chi connectivity index (χ2v) is 7.77. The first kappa shape index (κ1) is 22.5. The van der Waals surface area contributed by atoms with Gasteiger partial charge in [-0.25, -0.2) is 0 Å². The number of benzene rings is 2. The van der Waals surface area contributed by atoms with Crippen molar-refractivity contribution in [1.82, 2.24) is 4.90 Å². The molecule has 0 spiro atoms. The van der Waals surface area contributed by atoms with Gasteiger partial charge in [0.25, 0.3) is 0 Å². The molecule has 7 heteroatoms. The average Bonchev–Trinajstić information content (AvgIpc) is 3.05. The van der Waals surface area contributed by atoms with Crippen LogP contribution in [0.15, 0.2) is 30.3 Å². The molecule has 0 saturated carbocycles. The van der Waals surface area contributed by atoms with Gasteiger partial charge in [0.15, 0.2) is 23.0 Å². The van der Waals surface area contributed by atoms with Crippen LogP contribution in [0.2, 0.25) is 0 Å². The maximum absolute atomic E-state index is 11.0. The van der Waals surface area contributed by atoms with E-state index >= 15 is 0 Å². The summed E-state index contributed by atoms with van der Waals surface area (Å²) in [4.78, 5) is 12.6. The van der Waals surface area contributed by atoms with Gasteiger partial charge in [0, 0.05) is 23.6 Å². The molecule has 166 valence electrons. The van der Waals surface area contributed by atoms with E-state index in [0.717, 1.165) is 16.7 Å². The third-order valence-electron chi connectivity index (χ3n) is 5.44. The molecule has 3 rings (SSSR count). The Balaban J connectivity index is 2.00. The zero-order valence-electron chi connectivity index (χ0n) is 18.5. The van der Waals surface area contributed by atoms with E-state index in [2.05, 4.69) is 13.0 Å². The number of fused-ring (bicyclic) bond motifs is 1. The molecule has 7 nitrogen and oxygen atoms in total. The zero-order chi connectivity index (χ0) is 22.7. The summed E-state index contributed by atoms with van der Waals surface area (Å²) in [5.74, 6) is 0.811. The van der Waals surface area contributed by atoms with Gasteiger partial charge in [0.05, 0.1) is 20.8 Å². The summed E-state index contributed by atoms with van der Waals surface area (Å²) >= 11 is 0. The number of aliphatic carboxylic acids is 1. The van der Waals surface area contributed by atoms with E-state index in [1.165, 1.54) is 7.11 Å². The van der Waals surface area contributed by atoms with Crippen molar-refractivity contribution in [2.45, 2.75) is 32.4 Å². The lowest BCUT2D eigenvalue weighted by Crippen LogP contribution is -2.25. The number of methoxy groups -OCH3 is 2. The summed E-state index contributed by atoms with van der Waals surface area (Å²) in [5, 5.41) is 19.6. The van der Waals surface area contributed by atoms with Gasteiger partial charge < -0.3 is 24.4 Å². The van der Waals surface area contributed by atoms with Crippen molar-refractivity contribution in [3.8, 4) is 23.0 Å². The molecule has 0 aliphatic carbocycles. The van der Waals surface area contributed by atoms with E-state index in [1.807, 2.05) is 31.2 Å². The number of hydrogen-bond donors (Lipinski definition) is 2. The quantitative estimate of drug-likeness (QED) is 0.653. The summed E-state index contributed by atoms with van der Waals surface area (Å²) in [6.07, 6.45) is 3.69. The molecule has 1 aliphatic heterocycles. The number of rotatable bonds is 8. The third kappa shape index (κ3) is 4.61. The molecular weight excluding hydrogens is 398 g/mol. The Morgan fingerprint density at radius 3 is 2.52 bits per heavy atom. The van der Waals surface area contributed by atoms with E-state index in [9.17, 15) is 9.90 Å². The lowest BCUT2D eigenvalue weighted by Gasteiger charge is -2.21. The number of phenols is 1. The minimum absolute atomic E-state index is 0.000368. The largest absolute Gasteiger partial charge is 0.504 e. The number of ether oxygens (including phenoxy) is 3. The fraction of sp³-hybridized carbons (Fsp3) is 0.375. The highest BCUT2D eigenvalue weighted by Gasteiger charge is 2.36. The minimum Gasteiger partial charge on any atom is -0.504 e. The van der Waals surface area contributed by atoms with Crippen molar-refractivity contribution >= 4 is 12.0 Å². The molecule has 0 fully saturated rings. The van der Waals surface area contributed by atoms with Gasteiger partial charge >= 0.3 is 5.97 Å². The van der Waals surface area contributed by atoms with Crippen LogP contribution in [-0.4, -0.2) is 48.9 Å². The van der Waals surface area contributed by atoms with Gasteiger partial charge in [-0.2, -0.15) is 0 Å². The lowest BCUT2D eigenvalue weighted by atomic mass is 9.90. The molecule has 2 aromatic rings. The minimum atomic E-state index is -0.933. The molecule has 0 bridgehead atoms. The Hall–Kier alpha value is -3.19. The Labute approximate surface area is 182 Å². The maximum Gasteiger partial charge on any atom is 0.317 e. The molecule has 0 radical (unpaired) electrons. The van der Waals surface area contributed by atoms with Crippen LogP contribution < -0.4 is 14.2 Å². The number of phenolic OH excluding ortho intramolecular Hbond substituents is 1. The summed E-state index contributed by atoms with van der Waals surface area (Å²) < 4.78 is 17.3. The molecule has 1 heterocycles. The summed E-state index contributed by atoms with van der Waals surface area (Å²) in [6, 6.07) is 7.66. The first-order chi connectivity index (χ1) is 14.8. The number of carboxylic acid groups (broad SMARTS) is 1. The van der Waals surface area contributed by atoms with E-state index in [0.29, 0.717) is 22.8 Å². The number of carbonyl (C=O) groups is 1. The Kier molecular flexibility index (Phi) is 6.75. The van der Waals surface area contributed by atoms with Gasteiger partial charge in [-0.3, -0.25) is 9.69 Å². The zero-order valence-corrected chi connectivity index (χ0v) is 18.5. The van der Waals surface area contributed by atoms with Gasteiger partial charge in [0.2, 0.25) is 0 Å². The predicted octanol–water partition coefficient (Wildman–Crippen LogP) is 4.20. The van der Waals surface area contributed by atoms with Crippen LogP contribution in [0.3, 0.4) is 0 Å². The van der Waals surface area contributed by atoms with Crippen molar-refractivity contribution in [3.05, 3.63) is 52.6 Å². The van der Waals surface area contributed by atoms with Crippen LogP contribution in [0.4, 0.5) is 0 Å². The predicted molar refractivity (Wildman–Crippen MR) is 118 cm³/mol. The van der Waals surface area contributed by atoms with Gasteiger partial charge in [-0.05, 0) is 49.4 Å². The summed E-state index contributed by atoms with van der Waals surface area (Å²) in [7, 11) is 4.80. The fourth-order valence-electron chi connectivity index (χ4n) is 4.01. The fourth-order valence-corrected chi connectivity index (χ4v) is 4.01. The molecule has 2 aromatic carbocycles. The maximum atomic E-state index is 11.0. The van der Waals surface area contributed by atoms with Crippen molar-refractivity contribution in [1.29, 1.82) is 0 Å². The van der Waals surface area contributed by atoms with E-state index in [-0.39, 0.29) is 30.9 Å². The van der Waals surface area contributed by atoms with Gasteiger partial charge in [0.1, 0.15) is 6.10 Å². The van der Waals surface area contributed by atoms with Crippen LogP contribution in [0.5, 0.6) is 23.0 Å². The normalized spacial score (nSPS) is 17.6. The second kappa shape index (κ2) is 9.31. The van der Waals surface area contributed by atoms with Crippen LogP contribution in [-0.2, 0) is 11.3 Å². The number of allylic oxidation sites excluding steroid dienone is 1. The number of nitrogens with zero attached hydrogens (tertiary/aromatic N) is 1. The Bertz CT molecular complexity index is 1000. The molecule has 1 aliphatic rings. The highest BCUT2D eigenvalue weighted by molar-refractivity contribution is 5.69. The van der Waals surface area contributed by atoms with Crippen molar-refractivity contribution in [2.24, 2.45) is 0 Å². The number of likely N-dealkylation sites (N-methyl/N-ethyl adjacent to an activating group) is 1. The van der Waals surface area contributed by atoms with Crippen LogP contribution in [0, 0.1) is 0 Å². The highest BCUT2D eigenvalue weighted by atomic mass is 16.5. The molecule has 2 N–H and O–H groups in total. The van der Waals surface area contributed by atoms with Crippen LogP contribution in [0.25, 0.3) is 6.08 Å². The van der Waals surface area contributed by atoms with E-state index < -0.39 is 5.97 Å². The number of carboxylic acids is 1. The Morgan fingerprint density at radius 2 is 1.90 bits per heavy atom. The van der Waals surface area contributed by atoms with Gasteiger partial charge in [-0.15, -0.1) is 0 Å². The topological polar surface area (TPSA) is 88.5 Å². The number of hydrogen-bond acceptors (Lipinski definition) is 6. The first-order valence-electron chi connectivity index (χ1n) is 10.1. The Morgan fingerprint density at radius 1 is 1.19 bits per heavy atom. The molecule has 31 heavy (non-hydrogen) atoms. The van der Waals surface area contributed by atoms with Crippen molar-refractivity contribution < 1.29 is 29.2 Å².